The molecule has 6 heteroatoms. The zero-order valence-corrected chi connectivity index (χ0v) is 12.6. The van der Waals surface area contributed by atoms with Crippen molar-refractivity contribution in [3.63, 3.8) is 0 Å². The van der Waals surface area contributed by atoms with Crippen molar-refractivity contribution >= 4 is 31.3 Å². The number of hydrogen-bond acceptors (Lipinski definition) is 3. The van der Waals surface area contributed by atoms with Gasteiger partial charge in [-0.3, -0.25) is 0 Å². The summed E-state index contributed by atoms with van der Waals surface area (Å²) >= 11 is 5.99. The summed E-state index contributed by atoms with van der Waals surface area (Å²) in [6, 6.07) is 5.41. The van der Waals surface area contributed by atoms with Gasteiger partial charge in [-0.25, -0.2) is 8.42 Å². The van der Waals surface area contributed by atoms with Gasteiger partial charge in [-0.15, -0.1) is 0 Å². The van der Waals surface area contributed by atoms with E-state index in [1.54, 1.807) is 19.1 Å². The highest BCUT2D eigenvalue weighted by Crippen LogP contribution is 2.23. The Labute approximate surface area is 117 Å². The first-order valence-electron chi connectivity index (χ1n) is 5.65. The summed E-state index contributed by atoms with van der Waals surface area (Å²) in [5, 5.41) is 0.709. The fourth-order valence-electron chi connectivity index (χ4n) is 1.54. The molecule has 1 aromatic carbocycles. The predicted molar refractivity (Wildman–Crippen MR) is 75.1 cm³/mol. The second-order valence-corrected chi connectivity index (χ2v) is 7.46. The molecule has 0 bridgehead atoms. The SMILES string of the molecule is CCc1cc(OCC(C)CS(=O)(=O)Cl)ccc1Cl. The highest BCUT2D eigenvalue weighted by molar-refractivity contribution is 8.13. The Hall–Kier alpha value is -0.450. The molecule has 0 amide bonds. The van der Waals surface area contributed by atoms with Crippen LogP contribution in [0.5, 0.6) is 5.75 Å². The van der Waals surface area contributed by atoms with Crippen molar-refractivity contribution in [1.82, 2.24) is 0 Å². The smallest absolute Gasteiger partial charge is 0.232 e. The molecule has 0 saturated heterocycles. The summed E-state index contributed by atoms with van der Waals surface area (Å²) in [4.78, 5) is 0. The number of aryl methyl sites for hydroxylation is 1. The van der Waals surface area contributed by atoms with Gasteiger partial charge in [-0.05, 0) is 30.2 Å². The van der Waals surface area contributed by atoms with Gasteiger partial charge in [0.25, 0.3) is 0 Å². The minimum Gasteiger partial charge on any atom is -0.493 e. The van der Waals surface area contributed by atoms with E-state index in [-0.39, 0.29) is 11.7 Å². The Bertz CT molecular complexity index is 500. The fraction of sp³-hybridized carbons (Fsp3) is 0.500. The van der Waals surface area contributed by atoms with Crippen LogP contribution in [0.25, 0.3) is 0 Å². The average Bonchev–Trinajstić information content (AvgIpc) is 2.25. The molecule has 1 atom stereocenters. The second kappa shape index (κ2) is 6.64. The normalized spacial score (nSPS) is 13.3. The number of halogens is 2. The van der Waals surface area contributed by atoms with Gasteiger partial charge in [-0.2, -0.15) is 0 Å². The molecule has 0 spiro atoms. The second-order valence-electron chi connectivity index (χ2n) is 4.23. The van der Waals surface area contributed by atoms with Crippen LogP contribution in [-0.2, 0) is 15.5 Å². The summed E-state index contributed by atoms with van der Waals surface area (Å²) in [7, 11) is 1.70. The standard InChI is InChI=1S/C12H16Cl2O3S/c1-3-10-6-11(4-5-12(10)13)17-7-9(2)8-18(14,15)16/h4-6,9H,3,7-8H2,1-2H3. The molecule has 0 aliphatic heterocycles. The zero-order valence-electron chi connectivity index (χ0n) is 10.3. The van der Waals surface area contributed by atoms with Gasteiger partial charge in [0.05, 0.1) is 12.4 Å². The topological polar surface area (TPSA) is 43.4 Å². The van der Waals surface area contributed by atoms with Gasteiger partial charge in [0, 0.05) is 21.6 Å². The Morgan fingerprint density at radius 2 is 2.06 bits per heavy atom. The first-order valence-corrected chi connectivity index (χ1v) is 8.51. The lowest BCUT2D eigenvalue weighted by Gasteiger charge is -2.12. The van der Waals surface area contributed by atoms with Gasteiger partial charge in [0.1, 0.15) is 5.75 Å². The summed E-state index contributed by atoms with van der Waals surface area (Å²) in [6.45, 7) is 4.08. The summed E-state index contributed by atoms with van der Waals surface area (Å²) in [6.07, 6.45) is 0.821. The largest absolute Gasteiger partial charge is 0.493 e. The lowest BCUT2D eigenvalue weighted by atomic mass is 10.1. The molecule has 0 fully saturated rings. The molecule has 0 radical (unpaired) electrons. The Morgan fingerprint density at radius 3 is 2.61 bits per heavy atom. The van der Waals surface area contributed by atoms with Gasteiger partial charge in [0.15, 0.2) is 0 Å². The van der Waals surface area contributed by atoms with E-state index >= 15 is 0 Å². The molecule has 0 aliphatic carbocycles. The van der Waals surface area contributed by atoms with E-state index in [1.165, 1.54) is 0 Å². The predicted octanol–water partition coefficient (Wildman–Crippen LogP) is 3.49. The number of benzene rings is 1. The van der Waals surface area contributed by atoms with Crippen LogP contribution >= 0.6 is 22.3 Å². The quantitative estimate of drug-likeness (QED) is 0.755. The van der Waals surface area contributed by atoms with E-state index in [0.717, 1.165) is 12.0 Å². The van der Waals surface area contributed by atoms with E-state index in [1.807, 2.05) is 13.0 Å². The van der Waals surface area contributed by atoms with Crippen LogP contribution in [0.1, 0.15) is 19.4 Å². The van der Waals surface area contributed by atoms with Gasteiger partial charge < -0.3 is 4.74 Å². The summed E-state index contributed by atoms with van der Waals surface area (Å²) in [5.74, 6) is 0.436. The van der Waals surface area contributed by atoms with E-state index in [9.17, 15) is 8.42 Å². The van der Waals surface area contributed by atoms with Crippen molar-refractivity contribution in [1.29, 1.82) is 0 Å². The number of ether oxygens (including phenoxy) is 1. The van der Waals surface area contributed by atoms with Crippen molar-refractivity contribution < 1.29 is 13.2 Å². The lowest BCUT2D eigenvalue weighted by molar-refractivity contribution is 0.272. The molecule has 1 unspecified atom stereocenters. The van der Waals surface area contributed by atoms with Crippen LogP contribution in [0.15, 0.2) is 18.2 Å². The molecule has 18 heavy (non-hydrogen) atoms. The van der Waals surface area contributed by atoms with Crippen LogP contribution in [0.4, 0.5) is 0 Å². The van der Waals surface area contributed by atoms with Crippen molar-refractivity contribution in [2.45, 2.75) is 20.3 Å². The molecular weight excluding hydrogens is 295 g/mol. The van der Waals surface area contributed by atoms with Gasteiger partial charge >= 0.3 is 0 Å². The summed E-state index contributed by atoms with van der Waals surface area (Å²) < 4.78 is 27.3. The molecular formula is C12H16Cl2O3S. The van der Waals surface area contributed by atoms with Crippen LogP contribution in [-0.4, -0.2) is 20.8 Å². The molecule has 1 aromatic rings. The van der Waals surface area contributed by atoms with Crippen molar-refractivity contribution in [2.75, 3.05) is 12.4 Å². The molecule has 0 saturated carbocycles. The van der Waals surface area contributed by atoms with Crippen molar-refractivity contribution in [3.05, 3.63) is 28.8 Å². The Morgan fingerprint density at radius 1 is 1.39 bits per heavy atom. The maximum Gasteiger partial charge on any atom is 0.232 e. The van der Waals surface area contributed by atoms with Crippen molar-refractivity contribution in [3.8, 4) is 5.75 Å². The fourth-order valence-corrected chi connectivity index (χ4v) is 3.21. The van der Waals surface area contributed by atoms with E-state index in [0.29, 0.717) is 17.4 Å². The third-order valence-corrected chi connectivity index (χ3v) is 4.13. The third-order valence-electron chi connectivity index (χ3n) is 2.42. The van der Waals surface area contributed by atoms with E-state index in [2.05, 4.69) is 0 Å². The van der Waals surface area contributed by atoms with Crippen molar-refractivity contribution in [2.24, 2.45) is 5.92 Å². The molecule has 1 rings (SSSR count). The van der Waals surface area contributed by atoms with Crippen LogP contribution in [0.2, 0.25) is 5.02 Å². The minimum atomic E-state index is -3.48. The lowest BCUT2D eigenvalue weighted by Crippen LogP contribution is -2.16. The van der Waals surface area contributed by atoms with Gasteiger partial charge in [0.2, 0.25) is 9.05 Å². The molecule has 0 aliphatic rings. The number of hydrogen-bond donors (Lipinski definition) is 0. The molecule has 0 N–H and O–H groups in total. The highest BCUT2D eigenvalue weighted by Gasteiger charge is 2.13. The van der Waals surface area contributed by atoms with Crippen LogP contribution in [0.3, 0.4) is 0 Å². The van der Waals surface area contributed by atoms with Gasteiger partial charge in [-0.1, -0.05) is 25.4 Å². The molecule has 0 heterocycles. The Balaban J connectivity index is 2.58. The first kappa shape index (κ1) is 15.6. The molecule has 0 aromatic heterocycles. The Kier molecular flexibility index (Phi) is 5.76. The first-order chi connectivity index (χ1) is 8.31. The minimum absolute atomic E-state index is 0.0945. The zero-order chi connectivity index (χ0) is 13.8. The van der Waals surface area contributed by atoms with E-state index < -0.39 is 9.05 Å². The molecule has 3 nitrogen and oxygen atoms in total. The number of rotatable bonds is 6. The highest BCUT2D eigenvalue weighted by atomic mass is 35.7. The monoisotopic (exact) mass is 310 g/mol. The van der Waals surface area contributed by atoms with E-state index in [4.69, 9.17) is 27.0 Å². The van der Waals surface area contributed by atoms with Crippen LogP contribution < -0.4 is 4.74 Å². The maximum atomic E-state index is 10.9. The summed E-state index contributed by atoms with van der Waals surface area (Å²) in [5.41, 5.74) is 1.01. The maximum absolute atomic E-state index is 10.9. The third kappa shape index (κ3) is 5.46. The van der Waals surface area contributed by atoms with Crippen LogP contribution in [0, 0.1) is 5.92 Å². The molecule has 102 valence electrons. The average molecular weight is 311 g/mol.